The Labute approximate surface area is 92.3 Å². The molecule has 82 valence electrons. The Bertz CT molecular complexity index is 506. The summed E-state index contributed by atoms with van der Waals surface area (Å²) in [4.78, 5) is 15.7. The zero-order chi connectivity index (χ0) is 11.5. The van der Waals surface area contributed by atoms with E-state index < -0.39 is 0 Å². The average molecular weight is 217 g/mol. The lowest BCUT2D eigenvalue weighted by molar-refractivity contribution is 0.0996. The number of hydrogen-bond acceptors (Lipinski definition) is 4. The maximum Gasteiger partial charge on any atom is 0.291 e. The van der Waals surface area contributed by atoms with Crippen LogP contribution in [0.25, 0.3) is 0 Å². The molecular formula is C11H11N3O2. The third kappa shape index (κ3) is 2.03. The molecule has 0 atom stereocenters. The molecule has 0 aliphatic heterocycles. The monoisotopic (exact) mass is 217 g/mol. The van der Waals surface area contributed by atoms with Crippen molar-refractivity contribution >= 4 is 17.4 Å². The van der Waals surface area contributed by atoms with Crippen LogP contribution in [-0.2, 0) is 0 Å². The summed E-state index contributed by atoms with van der Waals surface area (Å²) in [5.41, 5.74) is 6.80. The summed E-state index contributed by atoms with van der Waals surface area (Å²) in [6, 6.07) is 6.58. The Morgan fingerprint density at radius 2 is 2.25 bits per heavy atom. The van der Waals surface area contributed by atoms with Gasteiger partial charge in [0.2, 0.25) is 0 Å². The molecule has 3 N–H and O–H groups in total. The maximum absolute atomic E-state index is 11.6. The molecular weight excluding hydrogens is 206 g/mol. The zero-order valence-electron chi connectivity index (χ0n) is 8.73. The number of nitrogen functional groups attached to an aromatic ring is 1. The highest BCUT2D eigenvalue weighted by Crippen LogP contribution is 2.15. The van der Waals surface area contributed by atoms with Crippen molar-refractivity contribution in [2.45, 2.75) is 6.92 Å². The summed E-state index contributed by atoms with van der Waals surface area (Å²) in [6.07, 6.45) is 1.45. The van der Waals surface area contributed by atoms with Gasteiger partial charge in [-0.1, -0.05) is 0 Å². The molecule has 1 amide bonds. The number of nitrogens with zero attached hydrogens (tertiary/aromatic N) is 1. The molecule has 0 aliphatic rings. The second-order valence-corrected chi connectivity index (χ2v) is 3.30. The standard InChI is InChI=1S/C11H11N3O2/c1-7-8(4-5-10(12)13-7)14-11(15)9-3-2-6-16-9/h2-6H,1H3,(H2,12,13)(H,14,15). The van der Waals surface area contributed by atoms with Crippen LogP contribution in [0.5, 0.6) is 0 Å². The smallest absolute Gasteiger partial charge is 0.291 e. The van der Waals surface area contributed by atoms with E-state index in [0.29, 0.717) is 17.2 Å². The number of anilines is 2. The summed E-state index contributed by atoms with van der Waals surface area (Å²) in [7, 11) is 0. The predicted octanol–water partition coefficient (Wildman–Crippen LogP) is 1.82. The summed E-state index contributed by atoms with van der Waals surface area (Å²) in [6.45, 7) is 1.77. The van der Waals surface area contributed by atoms with Gasteiger partial charge in [0.05, 0.1) is 17.6 Å². The van der Waals surface area contributed by atoms with Crippen LogP contribution < -0.4 is 11.1 Å². The van der Waals surface area contributed by atoms with Gasteiger partial charge in [-0.25, -0.2) is 4.98 Å². The van der Waals surface area contributed by atoms with Gasteiger partial charge in [0.15, 0.2) is 5.76 Å². The average Bonchev–Trinajstić information content (AvgIpc) is 2.75. The van der Waals surface area contributed by atoms with E-state index in [9.17, 15) is 4.79 Å². The lowest BCUT2D eigenvalue weighted by Gasteiger charge is -2.06. The Morgan fingerprint density at radius 3 is 2.88 bits per heavy atom. The van der Waals surface area contributed by atoms with Crippen molar-refractivity contribution in [2.24, 2.45) is 0 Å². The third-order valence-electron chi connectivity index (χ3n) is 2.10. The van der Waals surface area contributed by atoms with E-state index in [1.54, 1.807) is 31.2 Å². The first-order valence-corrected chi connectivity index (χ1v) is 4.75. The van der Waals surface area contributed by atoms with E-state index in [0.717, 1.165) is 0 Å². The van der Waals surface area contributed by atoms with Gasteiger partial charge in [0.25, 0.3) is 5.91 Å². The maximum atomic E-state index is 11.6. The topological polar surface area (TPSA) is 81.1 Å². The summed E-state index contributed by atoms with van der Waals surface area (Å²) < 4.78 is 4.97. The first-order chi connectivity index (χ1) is 7.66. The minimum atomic E-state index is -0.306. The molecule has 2 aromatic heterocycles. The van der Waals surface area contributed by atoms with Crippen molar-refractivity contribution in [1.82, 2.24) is 4.98 Å². The lowest BCUT2D eigenvalue weighted by Crippen LogP contribution is -2.12. The van der Waals surface area contributed by atoms with E-state index in [1.807, 2.05) is 0 Å². The second kappa shape index (κ2) is 4.06. The van der Waals surface area contributed by atoms with Crippen molar-refractivity contribution in [1.29, 1.82) is 0 Å². The molecule has 5 heteroatoms. The minimum absolute atomic E-state index is 0.260. The number of nitrogens with one attached hydrogen (secondary N) is 1. The number of hydrogen-bond donors (Lipinski definition) is 2. The van der Waals surface area contributed by atoms with Gasteiger partial charge in [0, 0.05) is 0 Å². The van der Waals surface area contributed by atoms with Crippen molar-refractivity contribution in [2.75, 3.05) is 11.1 Å². The fourth-order valence-corrected chi connectivity index (χ4v) is 1.30. The molecule has 2 heterocycles. The number of aryl methyl sites for hydroxylation is 1. The molecule has 0 bridgehead atoms. The van der Waals surface area contributed by atoms with Gasteiger partial charge in [-0.15, -0.1) is 0 Å². The SMILES string of the molecule is Cc1nc(N)ccc1NC(=O)c1ccco1. The molecule has 0 saturated heterocycles. The fourth-order valence-electron chi connectivity index (χ4n) is 1.30. The molecule has 0 aliphatic carbocycles. The highest BCUT2D eigenvalue weighted by atomic mass is 16.3. The molecule has 0 aromatic carbocycles. The first kappa shape index (κ1) is 10.2. The number of aromatic nitrogens is 1. The summed E-state index contributed by atoms with van der Waals surface area (Å²) in [5, 5.41) is 2.69. The van der Waals surface area contributed by atoms with Crippen molar-refractivity contribution < 1.29 is 9.21 Å². The van der Waals surface area contributed by atoms with Gasteiger partial charge >= 0.3 is 0 Å². The van der Waals surface area contributed by atoms with Crippen LogP contribution in [0.1, 0.15) is 16.2 Å². The van der Waals surface area contributed by atoms with Crippen LogP contribution in [-0.4, -0.2) is 10.9 Å². The lowest BCUT2D eigenvalue weighted by atomic mass is 10.3. The fraction of sp³-hybridized carbons (Fsp3) is 0.0909. The number of rotatable bonds is 2. The Balaban J connectivity index is 2.18. The summed E-state index contributed by atoms with van der Waals surface area (Å²) >= 11 is 0. The van der Waals surface area contributed by atoms with Crippen molar-refractivity contribution in [3.05, 3.63) is 42.0 Å². The number of furan rings is 1. The van der Waals surface area contributed by atoms with Gasteiger partial charge < -0.3 is 15.5 Å². The van der Waals surface area contributed by atoms with Gasteiger partial charge in [-0.2, -0.15) is 0 Å². The van der Waals surface area contributed by atoms with Crippen LogP contribution in [0.4, 0.5) is 11.5 Å². The Hall–Kier alpha value is -2.30. The largest absolute Gasteiger partial charge is 0.459 e. The van der Waals surface area contributed by atoms with E-state index in [2.05, 4.69) is 10.3 Å². The molecule has 0 unspecified atom stereocenters. The molecule has 0 spiro atoms. The highest BCUT2D eigenvalue weighted by molar-refractivity contribution is 6.02. The normalized spacial score (nSPS) is 10.1. The van der Waals surface area contributed by atoms with Crippen LogP contribution in [0.2, 0.25) is 0 Å². The molecule has 2 aromatic rings. The van der Waals surface area contributed by atoms with Gasteiger partial charge in [0.1, 0.15) is 5.82 Å². The van der Waals surface area contributed by atoms with Crippen LogP contribution in [0, 0.1) is 6.92 Å². The minimum Gasteiger partial charge on any atom is -0.459 e. The quantitative estimate of drug-likeness (QED) is 0.803. The molecule has 16 heavy (non-hydrogen) atoms. The highest BCUT2D eigenvalue weighted by Gasteiger charge is 2.10. The van der Waals surface area contributed by atoms with Gasteiger partial charge in [-0.05, 0) is 31.2 Å². The number of carbonyl (C=O) groups excluding carboxylic acids is 1. The van der Waals surface area contributed by atoms with Crippen molar-refractivity contribution in [3.63, 3.8) is 0 Å². The molecule has 0 radical (unpaired) electrons. The van der Waals surface area contributed by atoms with Crippen LogP contribution >= 0.6 is 0 Å². The number of amides is 1. The first-order valence-electron chi connectivity index (χ1n) is 4.75. The second-order valence-electron chi connectivity index (χ2n) is 3.30. The van der Waals surface area contributed by atoms with E-state index in [-0.39, 0.29) is 11.7 Å². The van der Waals surface area contributed by atoms with E-state index >= 15 is 0 Å². The number of nitrogens with two attached hydrogens (primary N) is 1. The summed E-state index contributed by atoms with van der Waals surface area (Å²) in [5.74, 6) is 0.379. The number of carbonyl (C=O) groups is 1. The predicted molar refractivity (Wildman–Crippen MR) is 60.0 cm³/mol. The third-order valence-corrected chi connectivity index (χ3v) is 2.10. The van der Waals surface area contributed by atoms with E-state index in [1.165, 1.54) is 6.26 Å². The molecule has 5 nitrogen and oxygen atoms in total. The van der Waals surface area contributed by atoms with Crippen LogP contribution in [0.3, 0.4) is 0 Å². The molecule has 2 rings (SSSR count). The number of pyridine rings is 1. The zero-order valence-corrected chi connectivity index (χ0v) is 8.73. The van der Waals surface area contributed by atoms with Crippen LogP contribution in [0.15, 0.2) is 34.9 Å². The van der Waals surface area contributed by atoms with Gasteiger partial charge in [-0.3, -0.25) is 4.79 Å². The molecule has 0 fully saturated rings. The van der Waals surface area contributed by atoms with Crippen molar-refractivity contribution in [3.8, 4) is 0 Å². The van der Waals surface area contributed by atoms with E-state index in [4.69, 9.17) is 10.2 Å². The Morgan fingerprint density at radius 1 is 1.44 bits per heavy atom. The molecule has 0 saturated carbocycles. The Kier molecular flexibility index (Phi) is 2.59.